The van der Waals surface area contributed by atoms with E-state index in [1.807, 2.05) is 0 Å². The number of methoxy groups -OCH3 is 1. The lowest BCUT2D eigenvalue weighted by Gasteiger charge is -2.38. The smallest absolute Gasteiger partial charge is 0.0692 e. The fourth-order valence-corrected chi connectivity index (χ4v) is 2.74. The summed E-state index contributed by atoms with van der Waals surface area (Å²) in [6.07, 6.45) is 8.13. The Bertz CT molecular complexity index is 187. The van der Waals surface area contributed by atoms with E-state index >= 15 is 0 Å². The summed E-state index contributed by atoms with van der Waals surface area (Å²) in [6, 6.07) is 0.413. The van der Waals surface area contributed by atoms with Gasteiger partial charge >= 0.3 is 0 Å². The Morgan fingerprint density at radius 2 is 2.12 bits per heavy atom. The van der Waals surface area contributed by atoms with Crippen LogP contribution in [0.1, 0.15) is 51.9 Å². The van der Waals surface area contributed by atoms with Gasteiger partial charge in [-0.25, -0.2) is 0 Å². The molecule has 1 rings (SSSR count). The highest BCUT2D eigenvalue weighted by atomic mass is 16.5. The molecule has 17 heavy (non-hydrogen) atoms. The van der Waals surface area contributed by atoms with Crippen LogP contribution in [0.5, 0.6) is 0 Å². The van der Waals surface area contributed by atoms with E-state index in [1.54, 1.807) is 7.11 Å². The van der Waals surface area contributed by atoms with Crippen molar-refractivity contribution in [3.05, 3.63) is 0 Å². The topological polar surface area (TPSA) is 32.7 Å². The molecule has 1 saturated heterocycles. The van der Waals surface area contributed by atoms with Crippen molar-refractivity contribution in [3.8, 4) is 0 Å². The van der Waals surface area contributed by atoms with E-state index in [0.29, 0.717) is 6.04 Å². The molecule has 0 amide bonds. The van der Waals surface area contributed by atoms with Gasteiger partial charge in [-0.2, -0.15) is 0 Å². The normalized spacial score (nSPS) is 23.8. The molecule has 1 N–H and O–H groups in total. The lowest BCUT2D eigenvalue weighted by molar-refractivity contribution is 0.0229. The first-order valence-corrected chi connectivity index (χ1v) is 7.20. The van der Waals surface area contributed by atoms with E-state index in [2.05, 4.69) is 11.8 Å². The van der Waals surface area contributed by atoms with Gasteiger partial charge in [-0.1, -0.05) is 13.3 Å². The Balaban J connectivity index is 2.23. The van der Waals surface area contributed by atoms with Gasteiger partial charge in [-0.05, 0) is 51.6 Å². The van der Waals surface area contributed by atoms with Gasteiger partial charge in [0.2, 0.25) is 0 Å². The predicted molar refractivity (Wildman–Crippen MR) is 71.2 cm³/mol. The minimum Gasteiger partial charge on any atom is -0.392 e. The van der Waals surface area contributed by atoms with Crippen molar-refractivity contribution in [1.82, 2.24) is 4.90 Å². The van der Waals surface area contributed by atoms with Crippen LogP contribution in [0.4, 0.5) is 0 Å². The molecular weight excluding hydrogens is 214 g/mol. The Kier molecular flexibility index (Phi) is 7.82. The molecular formula is C14H29NO2. The van der Waals surface area contributed by atoms with Gasteiger partial charge in [0.25, 0.3) is 0 Å². The van der Waals surface area contributed by atoms with Gasteiger partial charge in [0, 0.05) is 19.8 Å². The van der Waals surface area contributed by atoms with Crippen LogP contribution in [0.3, 0.4) is 0 Å². The van der Waals surface area contributed by atoms with Crippen molar-refractivity contribution in [2.24, 2.45) is 0 Å². The van der Waals surface area contributed by atoms with Crippen molar-refractivity contribution in [3.63, 3.8) is 0 Å². The molecule has 1 aliphatic rings. The Hall–Kier alpha value is -0.120. The maximum atomic E-state index is 10.0. The van der Waals surface area contributed by atoms with Crippen LogP contribution >= 0.6 is 0 Å². The molecule has 0 aromatic rings. The second kappa shape index (κ2) is 8.90. The summed E-state index contributed by atoms with van der Waals surface area (Å²) in [5.41, 5.74) is 0. The number of hydrogen-bond acceptors (Lipinski definition) is 3. The van der Waals surface area contributed by atoms with E-state index < -0.39 is 0 Å². The molecule has 1 aliphatic heterocycles. The summed E-state index contributed by atoms with van der Waals surface area (Å²) in [5, 5.41) is 10.0. The Morgan fingerprint density at radius 1 is 1.29 bits per heavy atom. The van der Waals surface area contributed by atoms with E-state index in [-0.39, 0.29) is 6.10 Å². The van der Waals surface area contributed by atoms with Crippen molar-refractivity contribution < 1.29 is 9.84 Å². The van der Waals surface area contributed by atoms with Gasteiger partial charge in [0.1, 0.15) is 0 Å². The number of nitrogens with zero attached hydrogens (tertiary/aromatic N) is 1. The second-order valence-electron chi connectivity index (χ2n) is 5.13. The first-order valence-electron chi connectivity index (χ1n) is 7.20. The number of rotatable bonds is 8. The summed E-state index contributed by atoms with van der Waals surface area (Å²) in [4.78, 5) is 2.50. The molecule has 0 bridgehead atoms. The lowest BCUT2D eigenvalue weighted by atomic mass is 9.95. The minimum atomic E-state index is -0.130. The standard InChI is InChI=1S/C14H29NO2/c1-3-14(16)13-9-5-7-11-15(13)10-6-4-8-12-17-2/h13-14,16H,3-12H2,1-2H3. The Morgan fingerprint density at radius 3 is 2.82 bits per heavy atom. The fourth-order valence-electron chi connectivity index (χ4n) is 2.74. The molecule has 2 unspecified atom stereocenters. The van der Waals surface area contributed by atoms with Gasteiger partial charge in [-0.15, -0.1) is 0 Å². The highest BCUT2D eigenvalue weighted by Crippen LogP contribution is 2.21. The first kappa shape index (κ1) is 14.9. The zero-order valence-corrected chi connectivity index (χ0v) is 11.5. The molecule has 0 radical (unpaired) electrons. The molecule has 1 fully saturated rings. The van der Waals surface area contributed by atoms with Crippen LogP contribution in [-0.4, -0.2) is 49.0 Å². The molecule has 0 aliphatic carbocycles. The number of unbranched alkanes of at least 4 members (excludes halogenated alkanes) is 2. The summed E-state index contributed by atoms with van der Waals surface area (Å²) < 4.78 is 5.06. The third-order valence-electron chi connectivity index (χ3n) is 3.82. The first-order chi connectivity index (χ1) is 8.29. The van der Waals surface area contributed by atoms with E-state index in [1.165, 1.54) is 38.6 Å². The number of hydrogen-bond donors (Lipinski definition) is 1. The molecule has 0 saturated carbocycles. The fraction of sp³-hybridized carbons (Fsp3) is 1.00. The third kappa shape index (κ3) is 5.36. The van der Waals surface area contributed by atoms with Crippen molar-refractivity contribution in [1.29, 1.82) is 0 Å². The SMILES string of the molecule is CCC(O)C1CCCCN1CCCCCOC. The van der Waals surface area contributed by atoms with Crippen LogP contribution in [0.25, 0.3) is 0 Å². The Labute approximate surface area is 106 Å². The molecule has 3 nitrogen and oxygen atoms in total. The van der Waals surface area contributed by atoms with E-state index in [0.717, 1.165) is 26.0 Å². The molecule has 102 valence electrons. The third-order valence-corrected chi connectivity index (χ3v) is 3.82. The van der Waals surface area contributed by atoms with Gasteiger partial charge in [0.15, 0.2) is 0 Å². The predicted octanol–water partition coefficient (Wildman–Crippen LogP) is 2.43. The van der Waals surface area contributed by atoms with Crippen LogP contribution in [0, 0.1) is 0 Å². The number of ether oxygens (including phenoxy) is 1. The van der Waals surface area contributed by atoms with Crippen LogP contribution in [-0.2, 0) is 4.74 Å². The summed E-state index contributed by atoms with van der Waals surface area (Å²) >= 11 is 0. The zero-order valence-electron chi connectivity index (χ0n) is 11.5. The highest BCUT2D eigenvalue weighted by Gasteiger charge is 2.26. The van der Waals surface area contributed by atoms with E-state index in [4.69, 9.17) is 4.74 Å². The van der Waals surface area contributed by atoms with Crippen LogP contribution in [0.2, 0.25) is 0 Å². The van der Waals surface area contributed by atoms with Crippen molar-refractivity contribution in [2.45, 2.75) is 64.0 Å². The number of piperidine rings is 1. The van der Waals surface area contributed by atoms with Crippen LogP contribution in [0.15, 0.2) is 0 Å². The maximum Gasteiger partial charge on any atom is 0.0692 e. The molecule has 1 heterocycles. The largest absolute Gasteiger partial charge is 0.392 e. The molecule has 0 aromatic heterocycles. The average molecular weight is 243 g/mol. The molecule has 0 spiro atoms. The summed E-state index contributed by atoms with van der Waals surface area (Å²) in [5.74, 6) is 0. The monoisotopic (exact) mass is 243 g/mol. The average Bonchev–Trinajstić information content (AvgIpc) is 2.38. The van der Waals surface area contributed by atoms with Crippen LogP contribution < -0.4 is 0 Å². The molecule has 0 aromatic carbocycles. The number of aliphatic hydroxyl groups is 1. The van der Waals surface area contributed by atoms with Gasteiger partial charge in [0.05, 0.1) is 6.10 Å². The summed E-state index contributed by atoms with van der Waals surface area (Å²) in [7, 11) is 1.76. The maximum absolute atomic E-state index is 10.0. The minimum absolute atomic E-state index is 0.130. The van der Waals surface area contributed by atoms with Crippen molar-refractivity contribution >= 4 is 0 Å². The zero-order chi connectivity index (χ0) is 12.5. The second-order valence-corrected chi connectivity index (χ2v) is 5.13. The van der Waals surface area contributed by atoms with Gasteiger partial charge in [-0.3, -0.25) is 4.90 Å². The van der Waals surface area contributed by atoms with Crippen molar-refractivity contribution in [2.75, 3.05) is 26.8 Å². The quantitative estimate of drug-likeness (QED) is 0.665. The number of aliphatic hydroxyl groups excluding tert-OH is 1. The molecule has 2 atom stereocenters. The summed E-state index contributed by atoms with van der Waals surface area (Å²) in [6.45, 7) is 5.27. The van der Waals surface area contributed by atoms with E-state index in [9.17, 15) is 5.11 Å². The highest BCUT2D eigenvalue weighted by molar-refractivity contribution is 4.82. The molecule has 3 heteroatoms. The lowest BCUT2D eigenvalue weighted by Crippen LogP contribution is -2.46. The number of likely N-dealkylation sites (tertiary alicyclic amines) is 1. The van der Waals surface area contributed by atoms with Gasteiger partial charge < -0.3 is 9.84 Å².